The van der Waals surface area contributed by atoms with Crippen molar-refractivity contribution < 1.29 is 9.47 Å². The van der Waals surface area contributed by atoms with Crippen LogP contribution in [-0.2, 0) is 11.3 Å². The van der Waals surface area contributed by atoms with E-state index in [-0.39, 0.29) is 0 Å². The van der Waals surface area contributed by atoms with E-state index in [9.17, 15) is 0 Å². The molecule has 144 valence electrons. The lowest BCUT2D eigenvalue weighted by Crippen LogP contribution is -2.41. The molecule has 2 saturated heterocycles. The number of nitrogens with zero attached hydrogens (tertiary/aromatic N) is 4. The van der Waals surface area contributed by atoms with Gasteiger partial charge in [-0.2, -0.15) is 5.10 Å². The Morgan fingerprint density at radius 1 is 1.37 bits per heavy atom. The van der Waals surface area contributed by atoms with Crippen molar-refractivity contribution in [3.05, 3.63) is 30.1 Å². The van der Waals surface area contributed by atoms with E-state index in [0.717, 1.165) is 62.2 Å². The van der Waals surface area contributed by atoms with E-state index >= 15 is 0 Å². The van der Waals surface area contributed by atoms with Gasteiger partial charge < -0.3 is 19.7 Å². The highest BCUT2D eigenvalue weighted by atomic mass is 16.5. The van der Waals surface area contributed by atoms with Gasteiger partial charge in [0.25, 0.3) is 0 Å². The van der Waals surface area contributed by atoms with E-state index in [1.807, 2.05) is 31.3 Å². The lowest BCUT2D eigenvalue weighted by atomic mass is 9.87. The molecule has 2 fully saturated rings. The molecule has 1 atom stereocenters. The van der Waals surface area contributed by atoms with Crippen molar-refractivity contribution in [2.75, 3.05) is 40.5 Å². The zero-order chi connectivity index (χ0) is 18.7. The van der Waals surface area contributed by atoms with Crippen molar-refractivity contribution in [2.24, 2.45) is 10.4 Å². The fraction of sp³-hybridized carbons (Fsp3) is 0.526. The summed E-state index contributed by atoms with van der Waals surface area (Å²) in [4.78, 5) is 11.3. The van der Waals surface area contributed by atoms with Gasteiger partial charge in [0.2, 0.25) is 0 Å². The van der Waals surface area contributed by atoms with Crippen LogP contribution in [0.5, 0.6) is 5.75 Å². The first-order valence-electron chi connectivity index (χ1n) is 9.30. The third kappa shape index (κ3) is 3.75. The molecule has 2 aliphatic rings. The van der Waals surface area contributed by atoms with Crippen molar-refractivity contribution in [3.8, 4) is 17.1 Å². The third-order valence-electron chi connectivity index (χ3n) is 5.43. The minimum absolute atomic E-state index is 0.311. The van der Waals surface area contributed by atoms with E-state index in [4.69, 9.17) is 9.47 Å². The number of H-pyrrole nitrogens is 1. The summed E-state index contributed by atoms with van der Waals surface area (Å²) in [6.45, 7) is 4.31. The van der Waals surface area contributed by atoms with Crippen LogP contribution in [0.4, 0.5) is 0 Å². The number of aliphatic imine (C=N–C) groups is 1. The SMILES string of the molecule is CN=C(NCc1nc(-c2ccc(OC)cc2)n[nH]1)N1CCC2(CCOC2)C1. The predicted octanol–water partition coefficient (Wildman–Crippen LogP) is 1.67. The molecule has 1 aromatic carbocycles. The quantitative estimate of drug-likeness (QED) is 0.629. The van der Waals surface area contributed by atoms with E-state index in [1.54, 1.807) is 7.11 Å². The van der Waals surface area contributed by atoms with Crippen LogP contribution in [0.15, 0.2) is 29.3 Å². The highest BCUT2D eigenvalue weighted by Gasteiger charge is 2.42. The van der Waals surface area contributed by atoms with Crippen LogP contribution in [0, 0.1) is 5.41 Å². The van der Waals surface area contributed by atoms with Gasteiger partial charge in [0.15, 0.2) is 11.8 Å². The molecular weight excluding hydrogens is 344 g/mol. The lowest BCUT2D eigenvalue weighted by molar-refractivity contribution is 0.156. The highest BCUT2D eigenvalue weighted by molar-refractivity contribution is 5.80. The molecule has 0 saturated carbocycles. The number of likely N-dealkylation sites (tertiary alicyclic amines) is 1. The first-order chi connectivity index (χ1) is 13.2. The highest BCUT2D eigenvalue weighted by Crippen LogP contribution is 2.38. The molecule has 27 heavy (non-hydrogen) atoms. The molecule has 1 spiro atoms. The number of hydrogen-bond acceptors (Lipinski definition) is 5. The Balaban J connectivity index is 1.36. The van der Waals surface area contributed by atoms with Gasteiger partial charge in [-0.15, -0.1) is 0 Å². The number of nitrogens with one attached hydrogen (secondary N) is 2. The van der Waals surface area contributed by atoms with Crippen molar-refractivity contribution in [1.29, 1.82) is 0 Å². The number of rotatable bonds is 4. The van der Waals surface area contributed by atoms with Crippen molar-refractivity contribution in [1.82, 2.24) is 25.4 Å². The molecule has 0 bridgehead atoms. The molecule has 3 heterocycles. The first-order valence-corrected chi connectivity index (χ1v) is 9.30. The first kappa shape index (κ1) is 17.8. The lowest BCUT2D eigenvalue weighted by Gasteiger charge is -2.24. The third-order valence-corrected chi connectivity index (χ3v) is 5.43. The zero-order valence-corrected chi connectivity index (χ0v) is 15.9. The van der Waals surface area contributed by atoms with Crippen molar-refractivity contribution in [3.63, 3.8) is 0 Å². The van der Waals surface area contributed by atoms with Crippen LogP contribution >= 0.6 is 0 Å². The summed E-state index contributed by atoms with van der Waals surface area (Å²) in [6.07, 6.45) is 2.31. The van der Waals surface area contributed by atoms with Crippen LogP contribution in [0.2, 0.25) is 0 Å². The average Bonchev–Trinajstić information content (AvgIpc) is 3.45. The summed E-state index contributed by atoms with van der Waals surface area (Å²) in [6, 6.07) is 7.71. The molecule has 8 heteroatoms. The number of aromatic nitrogens is 3. The smallest absolute Gasteiger partial charge is 0.194 e. The standard InChI is InChI=1S/C19H26N6O2/c1-20-18(25-9-7-19(12-25)8-10-27-13-19)21-11-16-22-17(24-23-16)14-3-5-15(26-2)6-4-14/h3-6H,7-13H2,1-2H3,(H,20,21)(H,22,23,24). The normalized spacial score (nSPS) is 22.6. The summed E-state index contributed by atoms with van der Waals surface area (Å²) in [5.74, 6) is 3.17. The predicted molar refractivity (Wildman–Crippen MR) is 103 cm³/mol. The minimum Gasteiger partial charge on any atom is -0.497 e. The van der Waals surface area contributed by atoms with Crippen LogP contribution in [0.25, 0.3) is 11.4 Å². The van der Waals surface area contributed by atoms with Crippen LogP contribution in [0.1, 0.15) is 18.7 Å². The van der Waals surface area contributed by atoms with Gasteiger partial charge in [0.1, 0.15) is 11.6 Å². The Morgan fingerprint density at radius 3 is 2.93 bits per heavy atom. The molecule has 0 radical (unpaired) electrons. The largest absolute Gasteiger partial charge is 0.497 e. The molecule has 0 aliphatic carbocycles. The van der Waals surface area contributed by atoms with Gasteiger partial charge in [-0.25, -0.2) is 4.98 Å². The fourth-order valence-corrected chi connectivity index (χ4v) is 3.83. The Labute approximate surface area is 159 Å². The maximum atomic E-state index is 5.61. The second kappa shape index (κ2) is 7.56. The van der Waals surface area contributed by atoms with Gasteiger partial charge in [-0.05, 0) is 37.1 Å². The molecular formula is C19H26N6O2. The summed E-state index contributed by atoms with van der Waals surface area (Å²) >= 11 is 0. The second-order valence-corrected chi connectivity index (χ2v) is 7.21. The van der Waals surface area contributed by atoms with E-state index in [1.165, 1.54) is 0 Å². The number of benzene rings is 1. The topological polar surface area (TPSA) is 87.7 Å². The summed E-state index contributed by atoms with van der Waals surface area (Å²) in [5.41, 5.74) is 1.26. The van der Waals surface area contributed by atoms with E-state index in [2.05, 4.69) is 30.4 Å². The number of aromatic amines is 1. The monoisotopic (exact) mass is 370 g/mol. The Kier molecular flexibility index (Phi) is 4.98. The number of hydrogen-bond donors (Lipinski definition) is 2. The summed E-state index contributed by atoms with van der Waals surface area (Å²) in [7, 11) is 3.47. The fourth-order valence-electron chi connectivity index (χ4n) is 3.83. The summed E-state index contributed by atoms with van der Waals surface area (Å²) in [5, 5.41) is 10.7. The second-order valence-electron chi connectivity index (χ2n) is 7.21. The van der Waals surface area contributed by atoms with Gasteiger partial charge in [0, 0.05) is 37.7 Å². The molecule has 2 aliphatic heterocycles. The maximum absolute atomic E-state index is 5.61. The maximum Gasteiger partial charge on any atom is 0.194 e. The van der Waals surface area contributed by atoms with Gasteiger partial charge in [0.05, 0.1) is 20.3 Å². The van der Waals surface area contributed by atoms with Crippen molar-refractivity contribution >= 4 is 5.96 Å². The average molecular weight is 370 g/mol. The van der Waals surface area contributed by atoms with Gasteiger partial charge in [-0.3, -0.25) is 10.1 Å². The molecule has 2 N–H and O–H groups in total. The van der Waals surface area contributed by atoms with Gasteiger partial charge >= 0.3 is 0 Å². The Hall–Kier alpha value is -2.61. The molecule has 4 rings (SSSR count). The molecule has 1 unspecified atom stereocenters. The number of methoxy groups -OCH3 is 1. The number of ether oxygens (including phenoxy) is 2. The molecule has 1 aromatic heterocycles. The number of guanidine groups is 1. The molecule has 2 aromatic rings. The Morgan fingerprint density at radius 2 is 2.22 bits per heavy atom. The van der Waals surface area contributed by atoms with Crippen LogP contribution < -0.4 is 10.1 Å². The minimum atomic E-state index is 0.311. The van der Waals surface area contributed by atoms with Crippen molar-refractivity contribution in [2.45, 2.75) is 19.4 Å². The van der Waals surface area contributed by atoms with Crippen LogP contribution in [0.3, 0.4) is 0 Å². The zero-order valence-electron chi connectivity index (χ0n) is 15.9. The molecule has 0 amide bonds. The van der Waals surface area contributed by atoms with E-state index < -0.39 is 0 Å². The molecule has 8 nitrogen and oxygen atoms in total. The van der Waals surface area contributed by atoms with Crippen LogP contribution in [-0.4, -0.2) is 66.5 Å². The summed E-state index contributed by atoms with van der Waals surface area (Å²) < 4.78 is 10.8. The Bertz CT molecular complexity index is 795. The van der Waals surface area contributed by atoms with Gasteiger partial charge in [-0.1, -0.05) is 0 Å². The van der Waals surface area contributed by atoms with E-state index in [0.29, 0.717) is 17.8 Å².